The Morgan fingerprint density at radius 2 is 1.92 bits per heavy atom. The molecule has 11 heteroatoms. The Labute approximate surface area is 211 Å². The summed E-state index contributed by atoms with van der Waals surface area (Å²) in [7, 11) is 0. The molecule has 192 valence electrons. The molecule has 3 aromatic rings. The molecule has 2 heterocycles. The summed E-state index contributed by atoms with van der Waals surface area (Å²) in [6.45, 7) is 5.72. The Kier molecular flexibility index (Phi) is 7.33. The van der Waals surface area contributed by atoms with Crippen LogP contribution < -0.4 is 10.6 Å². The van der Waals surface area contributed by atoms with Crippen LogP contribution in [-0.2, 0) is 16.6 Å². The summed E-state index contributed by atoms with van der Waals surface area (Å²) in [5.41, 5.74) is 0.113. The summed E-state index contributed by atoms with van der Waals surface area (Å²) in [6.07, 6.45) is 0.251. The van der Waals surface area contributed by atoms with Crippen LogP contribution in [0.1, 0.15) is 55.8 Å². The van der Waals surface area contributed by atoms with Crippen LogP contribution in [0.3, 0.4) is 0 Å². The van der Waals surface area contributed by atoms with Crippen LogP contribution >= 0.6 is 11.3 Å². The van der Waals surface area contributed by atoms with E-state index in [2.05, 4.69) is 25.6 Å². The third-order valence-electron chi connectivity index (χ3n) is 6.08. The Morgan fingerprint density at radius 1 is 1.19 bits per heavy atom. The molecule has 2 aromatic heterocycles. The number of aryl methyl sites for hydroxylation is 1. The van der Waals surface area contributed by atoms with Crippen molar-refractivity contribution in [1.29, 1.82) is 0 Å². The second-order valence-electron chi connectivity index (χ2n) is 9.47. The van der Waals surface area contributed by atoms with Crippen LogP contribution in [0.15, 0.2) is 36.7 Å². The molecule has 36 heavy (non-hydrogen) atoms. The van der Waals surface area contributed by atoms with Gasteiger partial charge >= 0.3 is 6.18 Å². The van der Waals surface area contributed by atoms with Gasteiger partial charge in [0.1, 0.15) is 16.3 Å². The molecule has 0 bridgehead atoms. The number of thiazole rings is 1. The van der Waals surface area contributed by atoms with Crippen molar-refractivity contribution in [2.45, 2.75) is 64.3 Å². The average Bonchev–Trinajstić information content (AvgIpc) is 3.30. The first kappa shape index (κ1) is 26.0. The number of aromatic nitrogens is 3. The lowest BCUT2D eigenvalue weighted by atomic mass is 9.78. The third kappa shape index (κ3) is 6.01. The number of halogens is 3. The normalized spacial score (nSPS) is 20.4. The van der Waals surface area contributed by atoms with E-state index in [1.54, 1.807) is 18.3 Å². The number of benzene rings is 1. The third-order valence-corrected chi connectivity index (χ3v) is 7.32. The van der Waals surface area contributed by atoms with Crippen molar-refractivity contribution in [2.75, 3.05) is 5.32 Å². The molecular formula is C25H28F3N5O2S. The van der Waals surface area contributed by atoms with Crippen molar-refractivity contribution in [2.24, 2.45) is 5.92 Å². The number of anilines is 2. The fourth-order valence-electron chi connectivity index (χ4n) is 4.30. The zero-order valence-electron chi connectivity index (χ0n) is 20.2. The lowest BCUT2D eigenvalue weighted by Gasteiger charge is -2.34. The van der Waals surface area contributed by atoms with Gasteiger partial charge in [0.15, 0.2) is 0 Å². The number of hydrogen-bond donors (Lipinski definition) is 3. The minimum atomic E-state index is -4.56. The predicted octanol–water partition coefficient (Wildman–Crippen LogP) is 5.57. The molecule has 1 aromatic carbocycles. The van der Waals surface area contributed by atoms with E-state index < -0.39 is 17.5 Å². The zero-order valence-corrected chi connectivity index (χ0v) is 21.0. The fourth-order valence-corrected chi connectivity index (χ4v) is 5.35. The number of amides is 1. The first-order chi connectivity index (χ1) is 16.9. The first-order valence-electron chi connectivity index (χ1n) is 11.7. The summed E-state index contributed by atoms with van der Waals surface area (Å²) >= 11 is 1.37. The minimum absolute atomic E-state index is 0.0245. The van der Waals surface area contributed by atoms with Gasteiger partial charge in [0.05, 0.1) is 4.88 Å². The highest BCUT2D eigenvalue weighted by atomic mass is 32.1. The van der Waals surface area contributed by atoms with Crippen molar-refractivity contribution >= 4 is 28.9 Å². The molecule has 0 spiro atoms. The number of nitrogens with zero attached hydrogens (tertiary/aromatic N) is 3. The fraction of sp³-hybridized carbons (Fsp3) is 0.440. The van der Waals surface area contributed by atoms with Crippen LogP contribution in [0, 0.1) is 12.8 Å². The smallest absolute Gasteiger partial charge is 0.383 e. The molecule has 1 aliphatic carbocycles. The van der Waals surface area contributed by atoms with E-state index >= 15 is 0 Å². The molecule has 0 radical (unpaired) electrons. The molecular weight excluding hydrogens is 491 g/mol. The van der Waals surface area contributed by atoms with E-state index in [1.807, 2.05) is 26.8 Å². The van der Waals surface area contributed by atoms with Gasteiger partial charge < -0.3 is 15.7 Å². The van der Waals surface area contributed by atoms with Crippen LogP contribution in [0.25, 0.3) is 10.4 Å². The van der Waals surface area contributed by atoms with Gasteiger partial charge in [0, 0.05) is 30.0 Å². The highest BCUT2D eigenvalue weighted by molar-refractivity contribution is 7.15. The van der Waals surface area contributed by atoms with E-state index in [4.69, 9.17) is 0 Å². The van der Waals surface area contributed by atoms with Gasteiger partial charge in [-0.1, -0.05) is 6.07 Å². The summed E-state index contributed by atoms with van der Waals surface area (Å²) in [4.78, 5) is 25.1. The summed E-state index contributed by atoms with van der Waals surface area (Å²) in [5.74, 6) is -0.244. The molecule has 0 aliphatic heterocycles. The lowest BCUT2D eigenvalue weighted by molar-refractivity contribution is -0.141. The average molecular weight is 520 g/mol. The summed E-state index contributed by atoms with van der Waals surface area (Å²) in [6, 6.07) is 6.40. The lowest BCUT2D eigenvalue weighted by Crippen LogP contribution is -2.40. The number of carbonyl (C=O) groups is 1. The predicted molar refractivity (Wildman–Crippen MR) is 132 cm³/mol. The highest BCUT2D eigenvalue weighted by Gasteiger charge is 2.39. The van der Waals surface area contributed by atoms with Crippen molar-refractivity contribution in [3.63, 3.8) is 0 Å². The van der Waals surface area contributed by atoms with Crippen molar-refractivity contribution < 1.29 is 23.1 Å². The van der Waals surface area contributed by atoms with Gasteiger partial charge in [-0.15, -0.1) is 11.3 Å². The Balaban J connectivity index is 1.50. The standard InChI is InChI=1S/C25H28F3N5O2S/c1-14(2)31-21(34)16-4-7-24(35,8-5-16)22-30-13-19(36-22)17-10-15(3)11-18(12-17)32-23-29-9-6-20(33-23)25(26,27)28/h6,9-14,16,35H,4-5,7-8H2,1-3H3,(H,31,34)(H,29,32,33). The Morgan fingerprint density at radius 3 is 2.58 bits per heavy atom. The largest absolute Gasteiger partial charge is 0.433 e. The molecule has 1 fully saturated rings. The number of carbonyl (C=O) groups excluding carboxylic acids is 1. The van der Waals surface area contributed by atoms with Gasteiger partial charge in [-0.05, 0) is 75.8 Å². The molecule has 1 aliphatic rings. The van der Waals surface area contributed by atoms with E-state index in [0.717, 1.165) is 28.3 Å². The van der Waals surface area contributed by atoms with E-state index in [9.17, 15) is 23.1 Å². The van der Waals surface area contributed by atoms with Gasteiger partial charge in [-0.3, -0.25) is 4.79 Å². The molecule has 0 unspecified atom stereocenters. The van der Waals surface area contributed by atoms with Gasteiger partial charge in [0.25, 0.3) is 0 Å². The second kappa shape index (κ2) is 10.1. The van der Waals surface area contributed by atoms with Gasteiger partial charge in [-0.25, -0.2) is 15.0 Å². The summed E-state index contributed by atoms with van der Waals surface area (Å²) in [5, 5.41) is 17.7. The van der Waals surface area contributed by atoms with Crippen molar-refractivity contribution in [1.82, 2.24) is 20.3 Å². The quantitative estimate of drug-likeness (QED) is 0.394. The topological polar surface area (TPSA) is 100 Å². The summed E-state index contributed by atoms with van der Waals surface area (Å²) < 4.78 is 39.0. The second-order valence-corrected chi connectivity index (χ2v) is 10.5. The molecule has 7 nitrogen and oxygen atoms in total. The monoisotopic (exact) mass is 519 g/mol. The number of nitrogens with one attached hydrogen (secondary N) is 2. The highest BCUT2D eigenvalue weighted by Crippen LogP contribution is 2.43. The maximum atomic E-state index is 13.0. The van der Waals surface area contributed by atoms with E-state index in [1.165, 1.54) is 11.3 Å². The number of rotatable bonds is 6. The SMILES string of the molecule is Cc1cc(Nc2nccc(C(F)(F)F)n2)cc(-c2cnc(C3(O)CCC(C(=O)NC(C)C)CC3)s2)c1. The molecule has 1 saturated carbocycles. The molecule has 4 rings (SSSR count). The number of hydrogen-bond acceptors (Lipinski definition) is 7. The first-order valence-corrected chi connectivity index (χ1v) is 12.5. The van der Waals surface area contributed by atoms with Gasteiger partial charge in [-0.2, -0.15) is 13.2 Å². The minimum Gasteiger partial charge on any atom is -0.383 e. The van der Waals surface area contributed by atoms with Crippen molar-refractivity contribution in [3.8, 4) is 10.4 Å². The van der Waals surface area contributed by atoms with Crippen LogP contribution in [0.2, 0.25) is 0 Å². The zero-order chi connectivity index (χ0) is 26.1. The molecule has 0 atom stereocenters. The molecule has 0 saturated heterocycles. The van der Waals surface area contributed by atoms with Crippen LogP contribution in [-0.4, -0.2) is 32.0 Å². The van der Waals surface area contributed by atoms with E-state index in [-0.39, 0.29) is 23.8 Å². The molecule has 3 N–H and O–H groups in total. The van der Waals surface area contributed by atoms with Gasteiger partial charge in [0.2, 0.25) is 11.9 Å². The number of aliphatic hydroxyl groups is 1. The Hall–Kier alpha value is -3.05. The van der Waals surface area contributed by atoms with Crippen LogP contribution in [0.4, 0.5) is 24.8 Å². The number of alkyl halides is 3. The maximum absolute atomic E-state index is 13.0. The van der Waals surface area contributed by atoms with Crippen molar-refractivity contribution in [3.05, 3.63) is 52.9 Å². The maximum Gasteiger partial charge on any atom is 0.433 e. The van der Waals surface area contributed by atoms with E-state index in [0.29, 0.717) is 36.4 Å². The molecule has 1 amide bonds. The van der Waals surface area contributed by atoms with Crippen LogP contribution in [0.5, 0.6) is 0 Å². The Bertz CT molecular complexity index is 1240.